The van der Waals surface area contributed by atoms with Crippen LogP contribution in [0.15, 0.2) is 41.3 Å². The predicted molar refractivity (Wildman–Crippen MR) is 96.6 cm³/mol. The summed E-state index contributed by atoms with van der Waals surface area (Å²) < 4.78 is 12.1. The second kappa shape index (κ2) is 8.07. The lowest BCUT2D eigenvalue weighted by Crippen LogP contribution is -2.45. The van der Waals surface area contributed by atoms with Gasteiger partial charge < -0.3 is 19.4 Å². The van der Waals surface area contributed by atoms with Gasteiger partial charge in [-0.15, -0.1) is 15.3 Å². The summed E-state index contributed by atoms with van der Waals surface area (Å²) in [4.78, 5) is 26.2. The number of furan rings is 1. The summed E-state index contributed by atoms with van der Waals surface area (Å²) >= 11 is 0. The topological polar surface area (TPSA) is 115 Å². The Morgan fingerprint density at radius 2 is 2.25 bits per heavy atom. The van der Waals surface area contributed by atoms with Crippen molar-refractivity contribution in [1.29, 1.82) is 0 Å². The number of hydrogen-bond acceptors (Lipinski definition) is 7. The smallest absolute Gasteiger partial charge is 0.286 e. The maximum Gasteiger partial charge on any atom is 0.286 e. The average Bonchev–Trinajstić information content (AvgIpc) is 3.42. The van der Waals surface area contributed by atoms with Crippen molar-refractivity contribution in [3.8, 4) is 5.88 Å². The number of amides is 2. The summed E-state index contributed by atoms with van der Waals surface area (Å²) in [6.45, 7) is 1.67. The third-order valence-corrected chi connectivity index (χ3v) is 4.65. The third kappa shape index (κ3) is 4.11. The Kier molecular flexibility index (Phi) is 5.18. The van der Waals surface area contributed by atoms with E-state index in [0.29, 0.717) is 31.2 Å². The minimum absolute atomic E-state index is 0.0912. The second-order valence-electron chi connectivity index (χ2n) is 6.63. The van der Waals surface area contributed by atoms with Crippen molar-refractivity contribution in [2.24, 2.45) is 5.92 Å². The van der Waals surface area contributed by atoms with E-state index in [1.54, 1.807) is 29.2 Å². The number of carbonyl (C=O) groups excluding carboxylic acids is 2. The van der Waals surface area contributed by atoms with Gasteiger partial charge in [0.2, 0.25) is 5.88 Å². The molecular weight excluding hydrogens is 364 g/mol. The number of likely N-dealkylation sites (tertiary alicyclic amines) is 1. The molecule has 0 aliphatic carbocycles. The molecule has 0 saturated carbocycles. The Labute approximate surface area is 160 Å². The Balaban J connectivity index is 1.26. The van der Waals surface area contributed by atoms with Gasteiger partial charge in [-0.1, -0.05) is 0 Å². The van der Waals surface area contributed by atoms with Crippen molar-refractivity contribution >= 4 is 17.5 Å². The number of aromatic nitrogens is 4. The molecule has 1 fully saturated rings. The fourth-order valence-electron chi connectivity index (χ4n) is 3.21. The molecule has 1 aliphatic rings. The normalized spacial score (nSPS) is 16.9. The van der Waals surface area contributed by atoms with Gasteiger partial charge in [-0.3, -0.25) is 9.59 Å². The molecule has 3 aromatic heterocycles. The van der Waals surface area contributed by atoms with Crippen LogP contribution in [0.2, 0.25) is 0 Å². The molecule has 10 heteroatoms. The van der Waals surface area contributed by atoms with E-state index in [2.05, 4.69) is 20.6 Å². The fourth-order valence-corrected chi connectivity index (χ4v) is 3.21. The SMILES string of the molecule is O=C(NC[C@@H]1CCCN(C(=O)COc2ccc3nncn3n2)C1)c1ccco1. The number of fused-ring (bicyclic) bond motifs is 1. The number of rotatable bonds is 6. The van der Waals surface area contributed by atoms with E-state index in [1.807, 2.05) is 0 Å². The van der Waals surface area contributed by atoms with Crippen LogP contribution in [0.4, 0.5) is 0 Å². The van der Waals surface area contributed by atoms with Crippen LogP contribution >= 0.6 is 0 Å². The summed E-state index contributed by atoms with van der Waals surface area (Å²) in [6.07, 6.45) is 4.77. The number of ether oxygens (including phenoxy) is 1. The van der Waals surface area contributed by atoms with Crippen LogP contribution in [0, 0.1) is 5.92 Å². The third-order valence-electron chi connectivity index (χ3n) is 4.65. The molecule has 1 aliphatic heterocycles. The molecule has 0 unspecified atom stereocenters. The first-order valence-electron chi connectivity index (χ1n) is 9.08. The fraction of sp³-hybridized carbons (Fsp3) is 0.389. The van der Waals surface area contributed by atoms with E-state index < -0.39 is 0 Å². The number of nitrogens with one attached hydrogen (secondary N) is 1. The number of piperidine rings is 1. The molecule has 28 heavy (non-hydrogen) atoms. The van der Waals surface area contributed by atoms with E-state index >= 15 is 0 Å². The standard InChI is InChI=1S/C18H20N6O4/c25-17(11-28-16-6-5-15-21-20-12-24(15)22-16)23-7-1-3-13(10-23)9-19-18(26)14-4-2-8-27-14/h2,4-6,8,12-13H,1,3,7,9-11H2,(H,19,26)/t13-/m0/s1. The van der Waals surface area contributed by atoms with E-state index in [0.717, 1.165) is 12.8 Å². The van der Waals surface area contributed by atoms with Gasteiger partial charge >= 0.3 is 0 Å². The summed E-state index contributed by atoms with van der Waals surface area (Å²) in [5.74, 6) is 0.470. The zero-order valence-electron chi connectivity index (χ0n) is 15.2. The van der Waals surface area contributed by atoms with Gasteiger partial charge in [0, 0.05) is 25.7 Å². The van der Waals surface area contributed by atoms with Crippen LogP contribution < -0.4 is 10.1 Å². The predicted octanol–water partition coefficient (Wildman–Crippen LogP) is 0.765. The first kappa shape index (κ1) is 18.0. The van der Waals surface area contributed by atoms with Crippen molar-refractivity contribution in [3.05, 3.63) is 42.6 Å². The number of hydrogen-bond donors (Lipinski definition) is 1. The second-order valence-corrected chi connectivity index (χ2v) is 6.63. The molecule has 0 bridgehead atoms. The minimum Gasteiger partial charge on any atom is -0.467 e. The molecule has 4 heterocycles. The Hall–Kier alpha value is -3.43. The minimum atomic E-state index is -0.243. The zero-order valence-corrected chi connectivity index (χ0v) is 15.2. The van der Waals surface area contributed by atoms with Gasteiger partial charge in [0.05, 0.1) is 6.26 Å². The van der Waals surface area contributed by atoms with Crippen molar-refractivity contribution < 1.29 is 18.7 Å². The highest BCUT2D eigenvalue weighted by Crippen LogP contribution is 2.16. The molecule has 10 nitrogen and oxygen atoms in total. The largest absolute Gasteiger partial charge is 0.467 e. The highest BCUT2D eigenvalue weighted by molar-refractivity contribution is 5.91. The molecule has 146 valence electrons. The van der Waals surface area contributed by atoms with Crippen LogP contribution in [0.1, 0.15) is 23.4 Å². The van der Waals surface area contributed by atoms with Gasteiger partial charge in [0.1, 0.15) is 6.33 Å². The zero-order chi connectivity index (χ0) is 19.3. The molecule has 3 aromatic rings. The first-order valence-corrected chi connectivity index (χ1v) is 9.08. The maximum absolute atomic E-state index is 12.5. The van der Waals surface area contributed by atoms with Crippen LogP contribution in [-0.4, -0.2) is 62.8 Å². The molecule has 0 aromatic carbocycles. The molecule has 1 atom stereocenters. The molecule has 1 N–H and O–H groups in total. The van der Waals surface area contributed by atoms with Gasteiger partial charge in [-0.2, -0.15) is 4.52 Å². The lowest BCUT2D eigenvalue weighted by atomic mass is 9.98. The van der Waals surface area contributed by atoms with Crippen molar-refractivity contribution in [1.82, 2.24) is 30.0 Å². The molecule has 4 rings (SSSR count). The first-order chi connectivity index (χ1) is 13.7. The molecular formula is C18H20N6O4. The maximum atomic E-state index is 12.5. The Bertz CT molecular complexity index is 954. The van der Waals surface area contributed by atoms with Crippen molar-refractivity contribution in [2.45, 2.75) is 12.8 Å². The molecule has 0 radical (unpaired) electrons. The lowest BCUT2D eigenvalue weighted by Gasteiger charge is -2.32. The van der Waals surface area contributed by atoms with Crippen LogP contribution in [-0.2, 0) is 4.79 Å². The summed E-state index contributed by atoms with van der Waals surface area (Å²) in [5.41, 5.74) is 0.606. The van der Waals surface area contributed by atoms with E-state index in [-0.39, 0.29) is 30.1 Å². The quantitative estimate of drug-likeness (QED) is 0.667. The van der Waals surface area contributed by atoms with E-state index in [9.17, 15) is 9.59 Å². The van der Waals surface area contributed by atoms with E-state index in [4.69, 9.17) is 9.15 Å². The average molecular weight is 384 g/mol. The van der Waals surface area contributed by atoms with Crippen LogP contribution in [0.5, 0.6) is 5.88 Å². The van der Waals surface area contributed by atoms with Gasteiger partial charge in [0.25, 0.3) is 11.8 Å². The van der Waals surface area contributed by atoms with Gasteiger partial charge in [-0.25, -0.2) is 0 Å². The Morgan fingerprint density at radius 1 is 1.32 bits per heavy atom. The van der Waals surface area contributed by atoms with E-state index in [1.165, 1.54) is 17.1 Å². The van der Waals surface area contributed by atoms with Crippen molar-refractivity contribution in [2.75, 3.05) is 26.2 Å². The van der Waals surface area contributed by atoms with Gasteiger partial charge in [0.15, 0.2) is 18.0 Å². The monoisotopic (exact) mass is 384 g/mol. The Morgan fingerprint density at radius 3 is 3.11 bits per heavy atom. The summed E-state index contributed by atoms with van der Waals surface area (Å²) in [6, 6.07) is 6.67. The summed E-state index contributed by atoms with van der Waals surface area (Å²) in [7, 11) is 0. The lowest BCUT2D eigenvalue weighted by molar-refractivity contribution is -0.135. The van der Waals surface area contributed by atoms with Crippen LogP contribution in [0.25, 0.3) is 5.65 Å². The highest BCUT2D eigenvalue weighted by Gasteiger charge is 2.24. The number of carbonyl (C=O) groups is 2. The molecule has 0 spiro atoms. The highest BCUT2D eigenvalue weighted by atomic mass is 16.5. The van der Waals surface area contributed by atoms with Crippen LogP contribution in [0.3, 0.4) is 0 Å². The molecule has 2 amide bonds. The molecule has 1 saturated heterocycles. The van der Waals surface area contributed by atoms with Crippen molar-refractivity contribution in [3.63, 3.8) is 0 Å². The summed E-state index contributed by atoms with van der Waals surface area (Å²) in [5, 5.41) is 14.7. The number of nitrogens with zero attached hydrogens (tertiary/aromatic N) is 5. The van der Waals surface area contributed by atoms with Gasteiger partial charge in [-0.05, 0) is 37.0 Å².